The monoisotopic (exact) mass is 689 g/mol. The molecule has 1 saturated heterocycles. The number of esters is 1. The second-order valence-electron chi connectivity index (χ2n) is 13.2. The Balaban J connectivity index is 1.47. The number of carbonyl (C=O) groups excluding carboxylic acids is 2. The fourth-order valence-electron chi connectivity index (χ4n) is 5.46. The van der Waals surface area contributed by atoms with E-state index in [1.54, 1.807) is 25.4 Å². The molecule has 0 radical (unpaired) electrons. The molecule has 0 atom stereocenters. The van der Waals surface area contributed by atoms with Gasteiger partial charge in [-0.1, -0.05) is 41.5 Å². The molecule has 0 spiro atoms. The number of ether oxygens (including phenoxy) is 2. The van der Waals surface area contributed by atoms with Crippen molar-refractivity contribution in [2.45, 2.75) is 97.8 Å². The highest BCUT2D eigenvalue weighted by Gasteiger charge is 2.31. The lowest BCUT2D eigenvalue weighted by Gasteiger charge is -2.31. The van der Waals surface area contributed by atoms with E-state index in [2.05, 4.69) is 74.6 Å². The zero-order valence-electron chi connectivity index (χ0n) is 26.9. The van der Waals surface area contributed by atoms with Crippen molar-refractivity contribution in [1.82, 2.24) is 14.9 Å². The fraction of sp³-hybridized carbons (Fsp3) is 0.576. The highest BCUT2D eigenvalue weighted by molar-refractivity contribution is 9.11. The topological polar surface area (TPSA) is 81.6 Å². The Morgan fingerprint density at radius 3 is 2.14 bits per heavy atom. The van der Waals surface area contributed by atoms with Gasteiger partial charge in [-0.2, -0.15) is 0 Å². The summed E-state index contributed by atoms with van der Waals surface area (Å²) in [4.78, 5) is 37.7. The summed E-state index contributed by atoms with van der Waals surface area (Å²) in [7, 11) is 1.76. The fourth-order valence-corrected chi connectivity index (χ4v) is 8.20. The number of piperidine rings is 1. The van der Waals surface area contributed by atoms with Gasteiger partial charge in [0.15, 0.2) is 0 Å². The van der Waals surface area contributed by atoms with E-state index in [9.17, 15) is 9.59 Å². The van der Waals surface area contributed by atoms with Gasteiger partial charge in [0.1, 0.15) is 10.8 Å². The van der Waals surface area contributed by atoms with Gasteiger partial charge in [0.05, 0.1) is 46.7 Å². The van der Waals surface area contributed by atoms with Gasteiger partial charge in [0.25, 0.3) is 0 Å². The van der Waals surface area contributed by atoms with E-state index in [4.69, 9.17) is 14.5 Å². The third-order valence-electron chi connectivity index (χ3n) is 7.84. The number of aryl methyl sites for hydroxylation is 1. The smallest absolute Gasteiger partial charge is 0.311 e. The van der Waals surface area contributed by atoms with Crippen LogP contribution < -0.4 is 4.74 Å². The molecule has 10 heteroatoms. The van der Waals surface area contributed by atoms with Crippen LogP contribution in [0.5, 0.6) is 5.75 Å². The van der Waals surface area contributed by atoms with Gasteiger partial charge in [-0.05, 0) is 65.6 Å². The van der Waals surface area contributed by atoms with Crippen molar-refractivity contribution in [3.63, 3.8) is 0 Å². The van der Waals surface area contributed by atoms with Gasteiger partial charge in [0, 0.05) is 40.6 Å². The number of methoxy groups -OCH3 is 1. The molecule has 1 amide bonds. The number of nitrogens with zero attached hydrogens (tertiary/aromatic N) is 3. The Labute approximate surface area is 272 Å². The molecule has 0 unspecified atom stereocenters. The number of benzene rings is 1. The zero-order chi connectivity index (χ0) is 31.7. The molecule has 2 aromatic heterocycles. The molecule has 1 fully saturated rings. The minimum Gasteiger partial charge on any atom is -0.496 e. The number of thiazole rings is 2. The Kier molecular flexibility index (Phi) is 10.4. The molecule has 3 aromatic rings. The van der Waals surface area contributed by atoms with Crippen molar-refractivity contribution < 1.29 is 19.1 Å². The van der Waals surface area contributed by atoms with Crippen molar-refractivity contribution in [2.75, 3.05) is 26.8 Å². The molecule has 234 valence electrons. The van der Waals surface area contributed by atoms with Crippen LogP contribution in [0.3, 0.4) is 0 Å². The summed E-state index contributed by atoms with van der Waals surface area (Å²) < 4.78 is 12.0. The van der Waals surface area contributed by atoms with Gasteiger partial charge in [0.2, 0.25) is 5.91 Å². The second-order valence-corrected chi connectivity index (χ2v) is 16.8. The van der Waals surface area contributed by atoms with Gasteiger partial charge < -0.3 is 14.4 Å². The van der Waals surface area contributed by atoms with E-state index in [1.165, 1.54) is 22.5 Å². The maximum absolute atomic E-state index is 13.1. The van der Waals surface area contributed by atoms with Crippen LogP contribution in [-0.4, -0.2) is 53.6 Å². The molecule has 0 N–H and O–H groups in total. The third-order valence-corrected chi connectivity index (χ3v) is 10.7. The second kappa shape index (κ2) is 13.4. The number of rotatable bonds is 8. The summed E-state index contributed by atoms with van der Waals surface area (Å²) in [5.41, 5.74) is 4.94. The first kappa shape index (κ1) is 33.6. The largest absolute Gasteiger partial charge is 0.496 e. The molecule has 1 aliphatic heterocycles. The number of hydrogen-bond acceptors (Lipinski definition) is 8. The standard InChI is InChI=1S/C33H44BrN3O4S2/c1-10-41-27(39)17-24-19(2)42-25(35-24)18-26(38)37-13-11-20(12-14-37)31-36-28(30(34)43-31)21-15-22(32(3,4)5)29(40-9)23(16-21)33(6,7)8/h15-16,20H,10-14,17-18H2,1-9H3. The van der Waals surface area contributed by atoms with E-state index >= 15 is 0 Å². The minimum absolute atomic E-state index is 0.0820. The highest BCUT2D eigenvalue weighted by atomic mass is 79.9. The van der Waals surface area contributed by atoms with E-state index in [0.29, 0.717) is 31.3 Å². The maximum atomic E-state index is 13.1. The molecule has 0 saturated carbocycles. The van der Waals surface area contributed by atoms with Crippen LogP contribution in [0.15, 0.2) is 15.9 Å². The molecule has 1 aliphatic rings. The Hall–Kier alpha value is -2.30. The molecule has 4 rings (SSSR count). The van der Waals surface area contributed by atoms with Crippen LogP contribution in [0.25, 0.3) is 11.3 Å². The summed E-state index contributed by atoms with van der Waals surface area (Å²) in [6, 6.07) is 4.47. The van der Waals surface area contributed by atoms with E-state index in [0.717, 1.165) is 48.5 Å². The average Bonchev–Trinajstić information content (AvgIpc) is 3.48. The number of carbonyl (C=O) groups is 2. The van der Waals surface area contributed by atoms with E-state index < -0.39 is 0 Å². The number of hydrogen-bond donors (Lipinski definition) is 0. The van der Waals surface area contributed by atoms with Crippen molar-refractivity contribution in [3.05, 3.63) is 47.6 Å². The van der Waals surface area contributed by atoms with Gasteiger partial charge in [-0.3, -0.25) is 9.59 Å². The van der Waals surface area contributed by atoms with Crippen molar-refractivity contribution in [3.8, 4) is 17.0 Å². The van der Waals surface area contributed by atoms with E-state index in [1.807, 2.05) is 11.8 Å². The lowest BCUT2D eigenvalue weighted by Crippen LogP contribution is -2.38. The lowest BCUT2D eigenvalue weighted by molar-refractivity contribution is -0.142. The summed E-state index contributed by atoms with van der Waals surface area (Å²) >= 11 is 7.02. The summed E-state index contributed by atoms with van der Waals surface area (Å²) in [6.45, 7) is 18.8. The van der Waals surface area contributed by atoms with Gasteiger partial charge in [-0.15, -0.1) is 22.7 Å². The molecular formula is C33H44BrN3O4S2. The van der Waals surface area contributed by atoms with Crippen LogP contribution in [0.4, 0.5) is 0 Å². The van der Waals surface area contributed by atoms with Crippen LogP contribution in [0, 0.1) is 6.92 Å². The van der Waals surface area contributed by atoms with Crippen LogP contribution in [0.2, 0.25) is 0 Å². The minimum atomic E-state index is -0.288. The third kappa shape index (κ3) is 7.87. The normalized spacial score (nSPS) is 14.7. The van der Waals surface area contributed by atoms with Crippen LogP contribution in [0.1, 0.15) is 98.9 Å². The molecule has 43 heavy (non-hydrogen) atoms. The van der Waals surface area contributed by atoms with Crippen molar-refractivity contribution in [1.29, 1.82) is 0 Å². The highest BCUT2D eigenvalue weighted by Crippen LogP contribution is 2.45. The molecule has 1 aromatic carbocycles. The SMILES string of the molecule is CCOC(=O)Cc1nc(CC(=O)N2CCC(c3nc(-c4cc(C(C)(C)C)c(OC)c(C(C)(C)C)c4)c(Br)s3)CC2)sc1C. The molecular weight excluding hydrogens is 646 g/mol. The first-order valence-corrected chi connectivity index (χ1v) is 17.3. The predicted molar refractivity (Wildman–Crippen MR) is 179 cm³/mol. The summed E-state index contributed by atoms with van der Waals surface area (Å²) in [5.74, 6) is 1.05. The Bertz CT molecular complexity index is 1440. The van der Waals surface area contributed by atoms with Crippen molar-refractivity contribution >= 4 is 50.5 Å². The number of likely N-dealkylation sites (tertiary alicyclic amines) is 1. The molecule has 3 heterocycles. The Morgan fingerprint density at radius 1 is 1.00 bits per heavy atom. The molecule has 0 aliphatic carbocycles. The number of aromatic nitrogens is 2. The average molecular weight is 691 g/mol. The lowest BCUT2D eigenvalue weighted by atomic mass is 9.78. The number of halogens is 1. The summed E-state index contributed by atoms with van der Waals surface area (Å²) in [6.07, 6.45) is 2.15. The van der Waals surface area contributed by atoms with E-state index in [-0.39, 0.29) is 35.5 Å². The zero-order valence-corrected chi connectivity index (χ0v) is 30.1. The summed E-state index contributed by atoms with van der Waals surface area (Å²) in [5, 5.41) is 1.86. The first-order valence-electron chi connectivity index (χ1n) is 14.9. The van der Waals surface area contributed by atoms with Gasteiger partial charge in [-0.25, -0.2) is 9.97 Å². The Morgan fingerprint density at radius 2 is 1.60 bits per heavy atom. The maximum Gasteiger partial charge on any atom is 0.311 e. The first-order chi connectivity index (χ1) is 20.1. The van der Waals surface area contributed by atoms with Crippen molar-refractivity contribution in [2.24, 2.45) is 0 Å². The number of amides is 1. The molecule has 0 bridgehead atoms. The van der Waals surface area contributed by atoms with Crippen LogP contribution >= 0.6 is 38.6 Å². The van der Waals surface area contributed by atoms with Crippen LogP contribution in [-0.2, 0) is 38.0 Å². The predicted octanol–water partition coefficient (Wildman–Crippen LogP) is 8.00. The molecule has 7 nitrogen and oxygen atoms in total. The quantitative estimate of drug-likeness (QED) is 0.223. The van der Waals surface area contributed by atoms with Gasteiger partial charge >= 0.3 is 5.97 Å².